The quantitative estimate of drug-likeness (QED) is 0.315. The van der Waals surface area contributed by atoms with Crippen molar-refractivity contribution in [1.82, 2.24) is 0 Å². The molecule has 0 aliphatic carbocycles. The molecule has 0 unspecified atom stereocenters. The van der Waals surface area contributed by atoms with E-state index in [0.29, 0.717) is 0 Å². The van der Waals surface area contributed by atoms with Crippen molar-refractivity contribution in [3.63, 3.8) is 0 Å². The Hall–Kier alpha value is -2.34. The molecule has 0 saturated heterocycles. The summed E-state index contributed by atoms with van der Waals surface area (Å²) >= 11 is 0. The lowest BCUT2D eigenvalue weighted by Gasteiger charge is -2.23. The molecule has 0 nitrogen and oxygen atoms in total. The average Bonchev–Trinajstić information content (AvgIpc) is 2.52. The summed E-state index contributed by atoms with van der Waals surface area (Å²) in [7, 11) is 0. The standard InChI is InChI=1S/C23H22/c1-15-13-18-12-11-17-10-9-16-7-5-6-8-19(16)22(17)20(18)14-21(15)23(2,3)4/h5-14H,1-4H3. The summed E-state index contributed by atoms with van der Waals surface area (Å²) in [4.78, 5) is 0. The molecular formula is C23H22. The van der Waals surface area contributed by atoms with Gasteiger partial charge in [-0.25, -0.2) is 0 Å². The van der Waals surface area contributed by atoms with Crippen molar-refractivity contribution in [2.45, 2.75) is 33.1 Å². The molecule has 0 atom stereocenters. The second kappa shape index (κ2) is 4.83. The van der Waals surface area contributed by atoms with Gasteiger partial charge in [0.25, 0.3) is 0 Å². The fraction of sp³-hybridized carbons (Fsp3) is 0.217. The molecular weight excluding hydrogens is 276 g/mol. The van der Waals surface area contributed by atoms with Crippen LogP contribution in [0.4, 0.5) is 0 Å². The van der Waals surface area contributed by atoms with Gasteiger partial charge in [-0.2, -0.15) is 0 Å². The first kappa shape index (κ1) is 14.3. The Morgan fingerprint density at radius 3 is 2.04 bits per heavy atom. The predicted molar refractivity (Wildman–Crippen MR) is 102 cm³/mol. The zero-order chi connectivity index (χ0) is 16.2. The molecule has 0 fully saturated rings. The molecule has 23 heavy (non-hydrogen) atoms. The highest BCUT2D eigenvalue weighted by Gasteiger charge is 2.17. The number of rotatable bonds is 0. The van der Waals surface area contributed by atoms with Gasteiger partial charge in [0, 0.05) is 0 Å². The van der Waals surface area contributed by atoms with E-state index in [-0.39, 0.29) is 5.41 Å². The molecule has 0 heteroatoms. The highest BCUT2D eigenvalue weighted by molar-refractivity contribution is 6.20. The lowest BCUT2D eigenvalue weighted by Crippen LogP contribution is -2.12. The van der Waals surface area contributed by atoms with Crippen LogP contribution in [0, 0.1) is 6.92 Å². The molecule has 0 N–H and O–H groups in total. The summed E-state index contributed by atoms with van der Waals surface area (Å²) < 4.78 is 0. The Morgan fingerprint density at radius 1 is 0.652 bits per heavy atom. The smallest absolute Gasteiger partial charge is 0.00267 e. The van der Waals surface area contributed by atoms with Crippen LogP contribution in [0.1, 0.15) is 31.9 Å². The third-order valence-electron chi connectivity index (χ3n) is 4.88. The molecule has 0 aromatic heterocycles. The van der Waals surface area contributed by atoms with Gasteiger partial charge < -0.3 is 0 Å². The van der Waals surface area contributed by atoms with E-state index in [1.54, 1.807) is 0 Å². The molecule has 0 amide bonds. The van der Waals surface area contributed by atoms with Crippen molar-refractivity contribution in [2.24, 2.45) is 0 Å². The van der Waals surface area contributed by atoms with Gasteiger partial charge in [-0.15, -0.1) is 0 Å². The molecule has 0 radical (unpaired) electrons. The highest BCUT2D eigenvalue weighted by Crippen LogP contribution is 2.36. The molecule has 0 aliphatic heterocycles. The lowest BCUT2D eigenvalue weighted by molar-refractivity contribution is 0.587. The van der Waals surface area contributed by atoms with Crippen molar-refractivity contribution in [2.75, 3.05) is 0 Å². The summed E-state index contributed by atoms with van der Waals surface area (Å²) in [5.74, 6) is 0. The van der Waals surface area contributed by atoms with Gasteiger partial charge in [0.2, 0.25) is 0 Å². The van der Waals surface area contributed by atoms with Gasteiger partial charge in [0.1, 0.15) is 0 Å². The van der Waals surface area contributed by atoms with Crippen molar-refractivity contribution in [3.05, 3.63) is 71.8 Å². The van der Waals surface area contributed by atoms with Gasteiger partial charge in [-0.05, 0) is 61.8 Å². The van der Waals surface area contributed by atoms with Crippen molar-refractivity contribution in [1.29, 1.82) is 0 Å². The van der Waals surface area contributed by atoms with Crippen LogP contribution in [0.3, 0.4) is 0 Å². The molecule has 0 aliphatic rings. The maximum absolute atomic E-state index is 2.42. The average molecular weight is 298 g/mol. The molecule has 0 spiro atoms. The van der Waals surface area contributed by atoms with E-state index < -0.39 is 0 Å². The minimum absolute atomic E-state index is 0.158. The first-order valence-electron chi connectivity index (χ1n) is 8.30. The Morgan fingerprint density at radius 2 is 1.30 bits per heavy atom. The zero-order valence-corrected chi connectivity index (χ0v) is 14.3. The van der Waals surface area contributed by atoms with Crippen LogP contribution in [0.5, 0.6) is 0 Å². The molecule has 4 aromatic carbocycles. The fourth-order valence-electron chi connectivity index (χ4n) is 3.80. The maximum atomic E-state index is 2.42. The second-order valence-corrected chi connectivity index (χ2v) is 7.59. The van der Waals surface area contributed by atoms with E-state index in [2.05, 4.69) is 88.4 Å². The first-order valence-corrected chi connectivity index (χ1v) is 8.30. The fourth-order valence-corrected chi connectivity index (χ4v) is 3.80. The number of hydrogen-bond donors (Lipinski definition) is 0. The minimum Gasteiger partial charge on any atom is -0.0616 e. The Kier molecular flexibility index (Phi) is 2.99. The van der Waals surface area contributed by atoms with E-state index in [4.69, 9.17) is 0 Å². The van der Waals surface area contributed by atoms with E-state index in [1.165, 1.54) is 43.4 Å². The summed E-state index contributed by atoms with van der Waals surface area (Å²) in [6.45, 7) is 9.12. The number of hydrogen-bond acceptors (Lipinski definition) is 0. The molecule has 4 aromatic rings. The van der Waals surface area contributed by atoms with Crippen LogP contribution in [-0.4, -0.2) is 0 Å². The molecule has 0 saturated carbocycles. The monoisotopic (exact) mass is 298 g/mol. The van der Waals surface area contributed by atoms with Crippen LogP contribution < -0.4 is 0 Å². The zero-order valence-electron chi connectivity index (χ0n) is 14.3. The number of aryl methyl sites for hydroxylation is 1. The van der Waals surface area contributed by atoms with Crippen molar-refractivity contribution in [3.8, 4) is 0 Å². The van der Waals surface area contributed by atoms with E-state index in [1.807, 2.05) is 0 Å². The van der Waals surface area contributed by atoms with Gasteiger partial charge in [-0.3, -0.25) is 0 Å². The topological polar surface area (TPSA) is 0 Å². The van der Waals surface area contributed by atoms with Gasteiger partial charge in [-0.1, -0.05) is 75.4 Å². The normalized spacial score (nSPS) is 12.3. The summed E-state index contributed by atoms with van der Waals surface area (Å²) in [5.41, 5.74) is 2.97. The van der Waals surface area contributed by atoms with E-state index >= 15 is 0 Å². The predicted octanol–water partition coefficient (Wildman–Crippen LogP) is 6.75. The molecule has 4 rings (SSSR count). The SMILES string of the molecule is Cc1cc2ccc3ccc4ccccc4c3c2cc1C(C)(C)C. The number of benzene rings is 4. The van der Waals surface area contributed by atoms with Crippen LogP contribution >= 0.6 is 0 Å². The second-order valence-electron chi connectivity index (χ2n) is 7.59. The largest absolute Gasteiger partial charge is 0.0616 e. The maximum Gasteiger partial charge on any atom is -0.00267 e. The Balaban J connectivity index is 2.25. The lowest BCUT2D eigenvalue weighted by atomic mass is 9.82. The summed E-state index contributed by atoms with van der Waals surface area (Å²) in [5, 5.41) is 8.06. The highest BCUT2D eigenvalue weighted by atomic mass is 14.2. The van der Waals surface area contributed by atoms with Gasteiger partial charge in [0.15, 0.2) is 0 Å². The third kappa shape index (κ3) is 2.21. The van der Waals surface area contributed by atoms with Crippen LogP contribution in [0.2, 0.25) is 0 Å². The van der Waals surface area contributed by atoms with Gasteiger partial charge in [0.05, 0.1) is 0 Å². The Bertz CT molecular complexity index is 1050. The molecule has 0 bridgehead atoms. The van der Waals surface area contributed by atoms with Crippen LogP contribution in [0.15, 0.2) is 60.7 Å². The minimum atomic E-state index is 0.158. The number of fused-ring (bicyclic) bond motifs is 5. The first-order chi connectivity index (χ1) is 10.9. The van der Waals surface area contributed by atoms with E-state index in [0.717, 1.165) is 0 Å². The molecule has 0 heterocycles. The molecule has 114 valence electrons. The van der Waals surface area contributed by atoms with Crippen LogP contribution in [-0.2, 0) is 5.41 Å². The summed E-state index contributed by atoms with van der Waals surface area (Å²) in [6, 6.07) is 22.4. The van der Waals surface area contributed by atoms with Crippen molar-refractivity contribution >= 4 is 32.3 Å². The van der Waals surface area contributed by atoms with Gasteiger partial charge >= 0.3 is 0 Å². The Labute approximate surface area is 137 Å². The third-order valence-corrected chi connectivity index (χ3v) is 4.88. The summed E-state index contributed by atoms with van der Waals surface area (Å²) in [6.07, 6.45) is 0. The van der Waals surface area contributed by atoms with Crippen molar-refractivity contribution < 1.29 is 0 Å². The van der Waals surface area contributed by atoms with Crippen LogP contribution in [0.25, 0.3) is 32.3 Å². The van der Waals surface area contributed by atoms with E-state index in [9.17, 15) is 0 Å².